The Kier molecular flexibility index (Phi) is 5.30. The number of hydrogen-bond acceptors (Lipinski definition) is 3. The van der Waals surface area contributed by atoms with Gasteiger partial charge in [0.1, 0.15) is 0 Å². The summed E-state index contributed by atoms with van der Waals surface area (Å²) >= 11 is 0. The van der Waals surface area contributed by atoms with Gasteiger partial charge < -0.3 is 5.11 Å². The minimum absolute atomic E-state index is 0.00402. The van der Waals surface area contributed by atoms with Gasteiger partial charge in [-0.05, 0) is 12.0 Å². The van der Waals surface area contributed by atoms with Crippen molar-refractivity contribution in [1.82, 2.24) is 4.72 Å². The molecule has 1 aromatic rings. The maximum Gasteiger partial charge on any atom is 0.305 e. The molecule has 2 N–H and O–H groups in total. The van der Waals surface area contributed by atoms with Crippen LogP contribution in [0.25, 0.3) is 0 Å². The number of hydrogen-bond donors (Lipinski definition) is 2. The Bertz CT molecular complexity index is 484. The predicted octanol–water partition coefficient (Wildman–Crippen LogP) is 1.53. The molecular weight excluding hydrogens is 254 g/mol. The van der Waals surface area contributed by atoms with Gasteiger partial charge in [-0.1, -0.05) is 37.3 Å². The van der Waals surface area contributed by atoms with Crippen LogP contribution in [-0.2, 0) is 14.8 Å². The summed E-state index contributed by atoms with van der Waals surface area (Å²) in [5, 5.41) is 8.84. The summed E-state index contributed by atoms with van der Waals surface area (Å²) in [5.41, 5.74) is 0.652. The fourth-order valence-electron chi connectivity index (χ4n) is 1.63. The standard InChI is InChI=1S/C12H17NO4S/c1-2-8-18(16,17)13-11(9-12(14)15)10-6-4-3-5-7-10/h3-7,11,13H,2,8-9H2,1H3,(H,14,15). The smallest absolute Gasteiger partial charge is 0.305 e. The molecule has 0 aromatic heterocycles. The summed E-state index contributed by atoms with van der Waals surface area (Å²) < 4.78 is 25.8. The van der Waals surface area contributed by atoms with Gasteiger partial charge in [0, 0.05) is 0 Å². The van der Waals surface area contributed by atoms with Gasteiger partial charge in [-0.3, -0.25) is 4.79 Å². The van der Waals surface area contributed by atoms with Crippen molar-refractivity contribution >= 4 is 16.0 Å². The topological polar surface area (TPSA) is 83.5 Å². The van der Waals surface area contributed by atoms with Crippen molar-refractivity contribution in [3.63, 3.8) is 0 Å². The summed E-state index contributed by atoms with van der Waals surface area (Å²) in [4.78, 5) is 10.8. The number of rotatable bonds is 7. The molecule has 0 heterocycles. The van der Waals surface area contributed by atoms with Crippen LogP contribution in [0.5, 0.6) is 0 Å². The van der Waals surface area contributed by atoms with Crippen LogP contribution in [0, 0.1) is 0 Å². The summed E-state index contributed by atoms with van der Waals surface area (Å²) in [6, 6.07) is 7.99. The third-order valence-corrected chi connectivity index (χ3v) is 3.96. The largest absolute Gasteiger partial charge is 0.481 e. The second kappa shape index (κ2) is 6.51. The highest BCUT2D eigenvalue weighted by Gasteiger charge is 2.21. The van der Waals surface area contributed by atoms with Crippen molar-refractivity contribution in [1.29, 1.82) is 0 Å². The third kappa shape index (κ3) is 4.85. The Hall–Kier alpha value is -1.40. The van der Waals surface area contributed by atoms with Crippen LogP contribution in [0.15, 0.2) is 30.3 Å². The lowest BCUT2D eigenvalue weighted by molar-refractivity contribution is -0.137. The van der Waals surface area contributed by atoms with Crippen molar-refractivity contribution in [2.24, 2.45) is 0 Å². The number of benzene rings is 1. The molecule has 0 bridgehead atoms. The Balaban J connectivity index is 2.90. The van der Waals surface area contributed by atoms with Crippen LogP contribution < -0.4 is 4.72 Å². The van der Waals surface area contributed by atoms with Gasteiger partial charge in [0.25, 0.3) is 0 Å². The van der Waals surface area contributed by atoms with Gasteiger partial charge in [-0.2, -0.15) is 0 Å². The summed E-state index contributed by atoms with van der Waals surface area (Å²) in [6.45, 7) is 1.76. The molecule has 0 aliphatic carbocycles. The molecule has 0 saturated carbocycles. The molecule has 1 atom stereocenters. The van der Waals surface area contributed by atoms with Crippen LogP contribution >= 0.6 is 0 Å². The number of carboxylic acids is 1. The number of sulfonamides is 1. The Morgan fingerprint density at radius 2 is 1.94 bits per heavy atom. The zero-order valence-corrected chi connectivity index (χ0v) is 11.0. The van der Waals surface area contributed by atoms with E-state index in [9.17, 15) is 13.2 Å². The average Bonchev–Trinajstić information content (AvgIpc) is 2.28. The van der Waals surface area contributed by atoms with Gasteiger partial charge in [0.05, 0.1) is 18.2 Å². The predicted molar refractivity (Wildman–Crippen MR) is 68.6 cm³/mol. The summed E-state index contributed by atoms with van der Waals surface area (Å²) in [7, 11) is -3.44. The van der Waals surface area contributed by atoms with E-state index in [1.54, 1.807) is 37.3 Å². The van der Waals surface area contributed by atoms with Crippen molar-refractivity contribution in [3.8, 4) is 0 Å². The van der Waals surface area contributed by atoms with Gasteiger partial charge in [0.2, 0.25) is 10.0 Å². The first-order valence-electron chi connectivity index (χ1n) is 5.71. The highest BCUT2D eigenvalue weighted by Crippen LogP contribution is 2.17. The van der Waals surface area contributed by atoms with Crippen LogP contribution in [-0.4, -0.2) is 25.2 Å². The molecule has 5 nitrogen and oxygen atoms in total. The van der Waals surface area contributed by atoms with E-state index in [4.69, 9.17) is 5.11 Å². The molecule has 0 aliphatic heterocycles. The summed E-state index contributed by atoms with van der Waals surface area (Å²) in [5.74, 6) is -1.04. The van der Waals surface area contributed by atoms with E-state index in [0.29, 0.717) is 12.0 Å². The summed E-state index contributed by atoms with van der Waals surface area (Å²) in [6.07, 6.45) is 0.219. The van der Waals surface area contributed by atoms with Gasteiger partial charge >= 0.3 is 5.97 Å². The minimum Gasteiger partial charge on any atom is -0.481 e. The number of carbonyl (C=O) groups is 1. The first kappa shape index (κ1) is 14.7. The number of aliphatic carboxylic acids is 1. The second-order valence-corrected chi connectivity index (χ2v) is 5.87. The molecule has 0 aliphatic rings. The molecular formula is C12H17NO4S. The maximum atomic E-state index is 11.7. The Morgan fingerprint density at radius 1 is 1.33 bits per heavy atom. The molecule has 0 spiro atoms. The minimum atomic E-state index is -3.44. The highest BCUT2D eigenvalue weighted by atomic mass is 32.2. The van der Waals surface area contributed by atoms with E-state index in [1.165, 1.54) is 0 Å². The van der Waals surface area contributed by atoms with Crippen LogP contribution in [0.3, 0.4) is 0 Å². The second-order valence-electron chi connectivity index (χ2n) is 4.00. The quantitative estimate of drug-likeness (QED) is 0.787. The zero-order chi connectivity index (χ0) is 13.6. The van der Waals surface area contributed by atoms with Crippen molar-refractivity contribution in [3.05, 3.63) is 35.9 Å². The molecule has 1 aromatic carbocycles. The van der Waals surface area contributed by atoms with Crippen molar-refractivity contribution < 1.29 is 18.3 Å². The van der Waals surface area contributed by atoms with E-state index in [0.717, 1.165) is 0 Å². The molecule has 18 heavy (non-hydrogen) atoms. The third-order valence-electron chi connectivity index (χ3n) is 2.38. The van der Waals surface area contributed by atoms with Gasteiger partial charge in [-0.25, -0.2) is 13.1 Å². The lowest BCUT2D eigenvalue weighted by atomic mass is 10.1. The van der Waals surface area contributed by atoms with E-state index >= 15 is 0 Å². The lowest BCUT2D eigenvalue weighted by Crippen LogP contribution is -2.31. The van der Waals surface area contributed by atoms with Gasteiger partial charge in [0.15, 0.2) is 0 Å². The average molecular weight is 271 g/mol. The van der Waals surface area contributed by atoms with E-state index in [-0.39, 0.29) is 12.2 Å². The fraction of sp³-hybridized carbons (Fsp3) is 0.417. The molecule has 0 amide bonds. The molecule has 0 saturated heterocycles. The van der Waals surface area contributed by atoms with Gasteiger partial charge in [-0.15, -0.1) is 0 Å². The maximum absolute atomic E-state index is 11.7. The van der Waals surface area contributed by atoms with Crippen LogP contribution in [0.4, 0.5) is 0 Å². The van der Waals surface area contributed by atoms with E-state index < -0.39 is 22.0 Å². The van der Waals surface area contributed by atoms with Crippen LogP contribution in [0.1, 0.15) is 31.4 Å². The molecule has 0 fully saturated rings. The highest BCUT2D eigenvalue weighted by molar-refractivity contribution is 7.89. The molecule has 1 unspecified atom stereocenters. The zero-order valence-electron chi connectivity index (χ0n) is 10.2. The Labute approximate surface area is 107 Å². The SMILES string of the molecule is CCCS(=O)(=O)NC(CC(=O)O)c1ccccc1. The molecule has 1 rings (SSSR count). The van der Waals surface area contributed by atoms with Crippen molar-refractivity contribution in [2.45, 2.75) is 25.8 Å². The van der Waals surface area contributed by atoms with Crippen molar-refractivity contribution in [2.75, 3.05) is 5.75 Å². The molecule has 0 radical (unpaired) electrons. The molecule has 6 heteroatoms. The lowest BCUT2D eigenvalue weighted by Gasteiger charge is -2.17. The fourth-order valence-corrected chi connectivity index (χ4v) is 2.94. The monoisotopic (exact) mass is 271 g/mol. The van der Waals surface area contributed by atoms with Crippen LogP contribution in [0.2, 0.25) is 0 Å². The first-order chi connectivity index (χ1) is 8.44. The van der Waals surface area contributed by atoms with E-state index in [1.807, 2.05) is 0 Å². The number of nitrogens with one attached hydrogen (secondary N) is 1. The van der Waals surface area contributed by atoms with E-state index in [2.05, 4.69) is 4.72 Å². The number of carboxylic acid groups (broad SMARTS) is 1. The Morgan fingerprint density at radius 3 is 2.44 bits per heavy atom. The first-order valence-corrected chi connectivity index (χ1v) is 7.36. The normalized spacial score (nSPS) is 13.2. The molecule has 100 valence electrons.